The van der Waals surface area contributed by atoms with Crippen molar-refractivity contribution < 1.29 is 35.3 Å². The standard InChI is InChI=1S/C17H19F3O5S/c1-24-14(21)16-9-6-15(7-10-16,8-11-16)12-2-4-13(5-3-12)25-26(22,23)17(18,19)20/h2-5H,6-11H2,1H3. The molecule has 5 nitrogen and oxygen atoms in total. The van der Waals surface area contributed by atoms with Crippen LogP contribution >= 0.6 is 0 Å². The lowest BCUT2D eigenvalue weighted by molar-refractivity contribution is -0.160. The van der Waals surface area contributed by atoms with Crippen LogP contribution in [-0.4, -0.2) is 27.0 Å². The highest BCUT2D eigenvalue weighted by Crippen LogP contribution is 2.58. The van der Waals surface area contributed by atoms with Gasteiger partial charge >= 0.3 is 21.6 Å². The first-order valence-corrected chi connectivity index (χ1v) is 9.64. The number of carbonyl (C=O) groups is 1. The number of esters is 1. The molecule has 4 rings (SSSR count). The molecule has 0 atom stereocenters. The molecule has 3 fully saturated rings. The van der Waals surface area contributed by atoms with Gasteiger partial charge in [0.1, 0.15) is 5.75 Å². The number of hydrogen-bond acceptors (Lipinski definition) is 5. The molecule has 0 N–H and O–H groups in total. The quantitative estimate of drug-likeness (QED) is 0.444. The number of methoxy groups -OCH3 is 1. The Morgan fingerprint density at radius 2 is 1.50 bits per heavy atom. The third-order valence-corrected chi connectivity index (χ3v) is 6.80. The van der Waals surface area contributed by atoms with Gasteiger partial charge in [-0.2, -0.15) is 21.6 Å². The van der Waals surface area contributed by atoms with E-state index in [1.54, 1.807) is 12.1 Å². The van der Waals surface area contributed by atoms with Crippen LogP contribution in [0.4, 0.5) is 13.2 Å². The maximum absolute atomic E-state index is 12.4. The van der Waals surface area contributed by atoms with Crippen molar-refractivity contribution in [3.63, 3.8) is 0 Å². The van der Waals surface area contributed by atoms with E-state index in [0.717, 1.165) is 24.8 Å². The van der Waals surface area contributed by atoms with Gasteiger partial charge in [0, 0.05) is 0 Å². The zero-order valence-electron chi connectivity index (χ0n) is 14.1. The average molecular weight is 392 g/mol. The minimum atomic E-state index is -5.67. The van der Waals surface area contributed by atoms with E-state index in [0.29, 0.717) is 19.3 Å². The lowest BCUT2D eigenvalue weighted by Crippen LogP contribution is -2.48. The number of rotatable bonds is 4. The molecule has 0 amide bonds. The van der Waals surface area contributed by atoms with Crippen LogP contribution in [0.3, 0.4) is 0 Å². The lowest BCUT2D eigenvalue weighted by Gasteiger charge is -2.52. The zero-order chi connectivity index (χ0) is 19.2. The Morgan fingerprint density at radius 3 is 1.92 bits per heavy atom. The predicted molar refractivity (Wildman–Crippen MR) is 85.9 cm³/mol. The summed E-state index contributed by atoms with van der Waals surface area (Å²) in [6.07, 6.45) is 4.47. The van der Waals surface area contributed by atoms with Gasteiger partial charge in [0.05, 0.1) is 12.5 Å². The molecule has 144 valence electrons. The third-order valence-electron chi connectivity index (χ3n) is 5.82. The Labute approximate surface area is 149 Å². The Bertz CT molecular complexity index is 774. The summed E-state index contributed by atoms with van der Waals surface area (Å²) in [6.45, 7) is 0. The van der Waals surface area contributed by atoms with Crippen LogP contribution in [0.25, 0.3) is 0 Å². The summed E-state index contributed by atoms with van der Waals surface area (Å²) in [6, 6.07) is 5.70. The molecule has 9 heteroatoms. The van der Waals surface area contributed by atoms with Crippen molar-refractivity contribution in [1.29, 1.82) is 0 Å². The van der Waals surface area contributed by atoms with Crippen LogP contribution < -0.4 is 4.18 Å². The van der Waals surface area contributed by atoms with E-state index in [4.69, 9.17) is 4.74 Å². The first-order chi connectivity index (χ1) is 12.0. The summed E-state index contributed by atoms with van der Waals surface area (Å²) >= 11 is 0. The maximum Gasteiger partial charge on any atom is 0.534 e. The predicted octanol–water partition coefficient (Wildman–Crippen LogP) is 3.68. The van der Waals surface area contributed by atoms with Crippen molar-refractivity contribution >= 4 is 16.1 Å². The normalized spacial score (nSPS) is 28.6. The van der Waals surface area contributed by atoms with Gasteiger partial charge < -0.3 is 8.92 Å². The number of carbonyl (C=O) groups excluding carboxylic acids is 1. The highest BCUT2D eigenvalue weighted by molar-refractivity contribution is 7.88. The molecular weight excluding hydrogens is 373 g/mol. The molecule has 3 aliphatic carbocycles. The molecule has 0 aromatic heterocycles. The fraction of sp³-hybridized carbons (Fsp3) is 0.588. The van der Waals surface area contributed by atoms with E-state index in [1.807, 2.05) is 0 Å². The summed E-state index contributed by atoms with van der Waals surface area (Å²) in [5.41, 5.74) is -5.10. The Hall–Kier alpha value is -1.77. The van der Waals surface area contributed by atoms with E-state index in [2.05, 4.69) is 4.18 Å². The van der Waals surface area contributed by atoms with Crippen LogP contribution in [0.2, 0.25) is 0 Å². The van der Waals surface area contributed by atoms with E-state index in [-0.39, 0.29) is 17.1 Å². The topological polar surface area (TPSA) is 69.7 Å². The Balaban J connectivity index is 1.76. The number of fused-ring (bicyclic) bond motifs is 3. The molecule has 0 unspecified atom stereocenters. The van der Waals surface area contributed by atoms with E-state index in [9.17, 15) is 26.4 Å². The fourth-order valence-electron chi connectivity index (χ4n) is 4.18. The van der Waals surface area contributed by atoms with Crippen LogP contribution in [0.1, 0.15) is 44.1 Å². The fourth-order valence-corrected chi connectivity index (χ4v) is 4.64. The summed E-state index contributed by atoms with van der Waals surface area (Å²) < 4.78 is 68.4. The van der Waals surface area contributed by atoms with Gasteiger partial charge in [-0.1, -0.05) is 12.1 Å². The van der Waals surface area contributed by atoms with Gasteiger partial charge in [-0.05, 0) is 61.6 Å². The molecular formula is C17H19F3O5S. The first-order valence-electron chi connectivity index (χ1n) is 8.23. The second kappa shape index (κ2) is 6.14. The molecule has 0 spiro atoms. The van der Waals surface area contributed by atoms with Gasteiger partial charge in [0.15, 0.2) is 0 Å². The second-order valence-corrected chi connectivity index (χ2v) is 8.60. The van der Waals surface area contributed by atoms with Crippen molar-refractivity contribution in [1.82, 2.24) is 0 Å². The van der Waals surface area contributed by atoms with Crippen LogP contribution in [0.5, 0.6) is 5.75 Å². The molecule has 0 saturated heterocycles. The summed E-state index contributed by atoms with van der Waals surface area (Å²) in [5.74, 6) is -0.551. The molecule has 3 aliphatic rings. The van der Waals surface area contributed by atoms with Gasteiger partial charge in [0.2, 0.25) is 0 Å². The second-order valence-electron chi connectivity index (χ2n) is 7.06. The Kier molecular flexibility index (Phi) is 4.49. The molecule has 3 saturated carbocycles. The molecule has 0 aliphatic heterocycles. The molecule has 1 aromatic carbocycles. The number of benzene rings is 1. The number of halogens is 3. The zero-order valence-corrected chi connectivity index (χ0v) is 15.0. The van der Waals surface area contributed by atoms with Gasteiger partial charge in [0.25, 0.3) is 0 Å². The lowest BCUT2D eigenvalue weighted by atomic mass is 9.52. The third kappa shape index (κ3) is 3.06. The molecule has 0 heterocycles. The van der Waals surface area contributed by atoms with Crippen molar-refractivity contribution in [2.24, 2.45) is 5.41 Å². The van der Waals surface area contributed by atoms with Crippen molar-refractivity contribution in [2.75, 3.05) is 7.11 Å². The van der Waals surface area contributed by atoms with Gasteiger partial charge in [-0.15, -0.1) is 0 Å². The van der Waals surface area contributed by atoms with Gasteiger partial charge in [-0.25, -0.2) is 0 Å². The minimum absolute atomic E-state index is 0.142. The highest BCUT2D eigenvalue weighted by atomic mass is 32.2. The van der Waals surface area contributed by atoms with E-state index in [1.165, 1.54) is 19.2 Å². The Morgan fingerprint density at radius 1 is 1.00 bits per heavy atom. The summed E-state index contributed by atoms with van der Waals surface area (Å²) in [7, 11) is -4.28. The van der Waals surface area contributed by atoms with Crippen molar-refractivity contribution in [3.8, 4) is 5.75 Å². The van der Waals surface area contributed by atoms with Crippen LogP contribution in [0, 0.1) is 5.41 Å². The molecule has 1 aromatic rings. The van der Waals surface area contributed by atoms with E-state index >= 15 is 0 Å². The summed E-state index contributed by atoms with van der Waals surface area (Å²) in [5, 5.41) is 0. The molecule has 0 radical (unpaired) electrons. The largest absolute Gasteiger partial charge is 0.534 e. The van der Waals surface area contributed by atoms with Crippen LogP contribution in [-0.2, 0) is 25.1 Å². The number of ether oxygens (including phenoxy) is 1. The first kappa shape index (κ1) is 19.0. The maximum atomic E-state index is 12.4. The number of hydrogen-bond donors (Lipinski definition) is 0. The highest BCUT2D eigenvalue weighted by Gasteiger charge is 2.53. The summed E-state index contributed by atoms with van der Waals surface area (Å²) in [4.78, 5) is 12.1. The van der Waals surface area contributed by atoms with Gasteiger partial charge in [-0.3, -0.25) is 4.79 Å². The molecule has 26 heavy (non-hydrogen) atoms. The SMILES string of the molecule is COC(=O)C12CCC(c3ccc(OS(=O)(=O)C(F)(F)F)cc3)(CC1)CC2. The molecule has 2 bridgehead atoms. The number of alkyl halides is 3. The van der Waals surface area contributed by atoms with E-state index < -0.39 is 21.0 Å². The minimum Gasteiger partial charge on any atom is -0.469 e. The monoisotopic (exact) mass is 392 g/mol. The van der Waals surface area contributed by atoms with Crippen molar-refractivity contribution in [2.45, 2.75) is 49.4 Å². The van der Waals surface area contributed by atoms with Crippen molar-refractivity contribution in [3.05, 3.63) is 29.8 Å². The van der Waals surface area contributed by atoms with Crippen LogP contribution in [0.15, 0.2) is 24.3 Å². The average Bonchev–Trinajstić information content (AvgIpc) is 2.62. The smallest absolute Gasteiger partial charge is 0.469 e.